The van der Waals surface area contributed by atoms with Crippen molar-refractivity contribution in [3.05, 3.63) is 144 Å². The van der Waals surface area contributed by atoms with Gasteiger partial charge in [-0.3, -0.25) is 9.48 Å². The topological polar surface area (TPSA) is 72.9 Å². The van der Waals surface area contributed by atoms with Crippen LogP contribution >= 0.6 is 0 Å². The van der Waals surface area contributed by atoms with Crippen LogP contribution in [-0.2, 0) is 11.3 Å². The van der Waals surface area contributed by atoms with Gasteiger partial charge in [0.25, 0.3) is 0 Å². The SMILES string of the molecule is Cc1c(-c2ccc(NC(=O)[C@@H](N)C(c3ccccc3)c3ccccc3)cc2F)cnn1Cc1ccccc1. The van der Waals surface area contributed by atoms with Crippen LogP contribution in [-0.4, -0.2) is 21.7 Å². The Bertz CT molecular complexity index is 1480. The van der Waals surface area contributed by atoms with E-state index in [9.17, 15) is 4.79 Å². The normalized spacial score (nSPS) is 11.9. The Morgan fingerprint density at radius 1 is 0.868 bits per heavy atom. The summed E-state index contributed by atoms with van der Waals surface area (Å²) < 4.78 is 17.1. The maximum absolute atomic E-state index is 15.3. The number of hydrogen-bond donors (Lipinski definition) is 2. The van der Waals surface area contributed by atoms with Gasteiger partial charge in [0, 0.05) is 28.4 Å². The Hall–Kier alpha value is -4.55. The predicted octanol–water partition coefficient (Wildman–Crippen LogP) is 6.14. The van der Waals surface area contributed by atoms with Gasteiger partial charge in [0.1, 0.15) is 5.82 Å². The fraction of sp³-hybridized carbons (Fsp3) is 0.125. The molecule has 0 spiro atoms. The van der Waals surface area contributed by atoms with Gasteiger partial charge in [-0.2, -0.15) is 5.10 Å². The molecule has 4 aromatic carbocycles. The van der Waals surface area contributed by atoms with Gasteiger partial charge < -0.3 is 11.1 Å². The zero-order valence-corrected chi connectivity index (χ0v) is 21.1. The molecule has 0 bridgehead atoms. The summed E-state index contributed by atoms with van der Waals surface area (Å²) in [4.78, 5) is 13.2. The van der Waals surface area contributed by atoms with Crippen molar-refractivity contribution in [3.63, 3.8) is 0 Å². The van der Waals surface area contributed by atoms with E-state index in [4.69, 9.17) is 5.73 Å². The van der Waals surface area contributed by atoms with E-state index < -0.39 is 11.9 Å². The molecule has 0 aliphatic heterocycles. The standard InChI is InChI=1S/C32H29FN4O/c1-22-28(20-35-37(22)21-23-11-5-2-6-12-23)27-18-17-26(19-29(27)33)36-32(38)31(34)30(24-13-7-3-8-14-24)25-15-9-4-10-16-25/h2-20,30-31H,21,34H2,1H3,(H,36,38)/t31-/m0/s1. The second kappa shape index (κ2) is 11.2. The summed E-state index contributed by atoms with van der Waals surface area (Å²) in [6.45, 7) is 2.52. The third kappa shape index (κ3) is 5.41. The zero-order valence-electron chi connectivity index (χ0n) is 21.1. The van der Waals surface area contributed by atoms with E-state index in [1.54, 1.807) is 18.3 Å². The number of nitrogens with zero attached hydrogens (tertiary/aromatic N) is 2. The molecule has 6 heteroatoms. The molecule has 0 fully saturated rings. The highest BCUT2D eigenvalue weighted by Gasteiger charge is 2.28. The number of halogens is 1. The number of carbonyl (C=O) groups is 1. The van der Waals surface area contributed by atoms with Crippen molar-refractivity contribution >= 4 is 11.6 Å². The van der Waals surface area contributed by atoms with Crippen molar-refractivity contribution in [3.8, 4) is 11.1 Å². The first-order chi connectivity index (χ1) is 18.5. The van der Waals surface area contributed by atoms with Crippen molar-refractivity contribution in [1.29, 1.82) is 0 Å². The summed E-state index contributed by atoms with van der Waals surface area (Å²) >= 11 is 0. The molecule has 5 aromatic rings. The van der Waals surface area contributed by atoms with Crippen molar-refractivity contribution in [1.82, 2.24) is 9.78 Å². The van der Waals surface area contributed by atoms with E-state index in [1.165, 1.54) is 6.07 Å². The number of nitrogens with one attached hydrogen (secondary N) is 1. The molecule has 1 aromatic heterocycles. The average Bonchev–Trinajstić information content (AvgIpc) is 3.30. The van der Waals surface area contributed by atoms with Gasteiger partial charge in [0.2, 0.25) is 5.91 Å². The summed E-state index contributed by atoms with van der Waals surface area (Å²) in [5, 5.41) is 7.27. The minimum absolute atomic E-state index is 0.348. The molecule has 1 amide bonds. The van der Waals surface area contributed by atoms with Crippen molar-refractivity contribution in [2.75, 3.05) is 5.32 Å². The first kappa shape index (κ1) is 25.1. The van der Waals surface area contributed by atoms with Crippen molar-refractivity contribution in [2.45, 2.75) is 25.4 Å². The smallest absolute Gasteiger partial charge is 0.242 e. The predicted molar refractivity (Wildman–Crippen MR) is 149 cm³/mol. The van der Waals surface area contributed by atoms with Crippen LogP contribution in [0.4, 0.5) is 10.1 Å². The molecular weight excluding hydrogens is 475 g/mol. The highest BCUT2D eigenvalue weighted by molar-refractivity contribution is 5.96. The van der Waals surface area contributed by atoms with E-state index in [2.05, 4.69) is 10.4 Å². The number of carbonyl (C=O) groups excluding carboxylic acids is 1. The number of aromatic nitrogens is 2. The monoisotopic (exact) mass is 504 g/mol. The highest BCUT2D eigenvalue weighted by atomic mass is 19.1. The minimum Gasteiger partial charge on any atom is -0.325 e. The van der Waals surface area contributed by atoms with E-state index in [0.717, 1.165) is 22.4 Å². The Kier molecular flexibility index (Phi) is 7.43. The molecule has 190 valence electrons. The molecule has 38 heavy (non-hydrogen) atoms. The lowest BCUT2D eigenvalue weighted by Gasteiger charge is -2.24. The van der Waals surface area contributed by atoms with Crippen LogP contribution in [0, 0.1) is 12.7 Å². The Morgan fingerprint density at radius 3 is 2.03 bits per heavy atom. The van der Waals surface area contributed by atoms with Crippen molar-refractivity contribution in [2.24, 2.45) is 5.73 Å². The van der Waals surface area contributed by atoms with E-state index in [1.807, 2.05) is 103 Å². The van der Waals surface area contributed by atoms with Crippen LogP contribution in [0.15, 0.2) is 115 Å². The van der Waals surface area contributed by atoms with Gasteiger partial charge in [-0.05, 0) is 41.8 Å². The van der Waals surface area contributed by atoms with E-state index >= 15 is 4.39 Å². The Balaban J connectivity index is 1.35. The largest absolute Gasteiger partial charge is 0.325 e. The molecule has 5 rings (SSSR count). The molecule has 0 saturated carbocycles. The third-order valence-corrected chi connectivity index (χ3v) is 6.78. The minimum atomic E-state index is -0.874. The van der Waals surface area contributed by atoms with E-state index in [0.29, 0.717) is 23.4 Å². The molecule has 1 atom stereocenters. The van der Waals surface area contributed by atoms with E-state index in [-0.39, 0.29) is 11.8 Å². The molecule has 3 N–H and O–H groups in total. The number of hydrogen-bond acceptors (Lipinski definition) is 3. The molecule has 0 unspecified atom stereocenters. The van der Waals surface area contributed by atoms with Gasteiger partial charge in [0.15, 0.2) is 0 Å². The number of benzene rings is 4. The fourth-order valence-electron chi connectivity index (χ4n) is 4.74. The third-order valence-electron chi connectivity index (χ3n) is 6.78. The second-order valence-electron chi connectivity index (χ2n) is 9.30. The Labute approximate surface area is 221 Å². The lowest BCUT2D eigenvalue weighted by molar-refractivity contribution is -0.117. The number of anilines is 1. The number of amides is 1. The van der Waals surface area contributed by atoms with Crippen molar-refractivity contribution < 1.29 is 9.18 Å². The lowest BCUT2D eigenvalue weighted by Crippen LogP contribution is -2.41. The quantitative estimate of drug-likeness (QED) is 0.266. The first-order valence-electron chi connectivity index (χ1n) is 12.5. The summed E-state index contributed by atoms with van der Waals surface area (Å²) in [6.07, 6.45) is 1.68. The molecule has 0 aliphatic carbocycles. The van der Waals surface area contributed by atoms with Gasteiger partial charge in [-0.15, -0.1) is 0 Å². The molecule has 0 aliphatic rings. The maximum atomic E-state index is 15.3. The van der Waals surface area contributed by atoms with Gasteiger partial charge in [0.05, 0.1) is 18.8 Å². The highest BCUT2D eigenvalue weighted by Crippen LogP contribution is 2.30. The maximum Gasteiger partial charge on any atom is 0.242 e. The van der Waals surface area contributed by atoms with Crippen LogP contribution in [0.25, 0.3) is 11.1 Å². The Morgan fingerprint density at radius 2 is 1.45 bits per heavy atom. The van der Waals surface area contributed by atoms with Gasteiger partial charge in [-0.1, -0.05) is 91.0 Å². The average molecular weight is 505 g/mol. The summed E-state index contributed by atoms with van der Waals surface area (Å²) in [5.41, 5.74) is 11.8. The van der Waals surface area contributed by atoms with Gasteiger partial charge >= 0.3 is 0 Å². The molecule has 1 heterocycles. The van der Waals surface area contributed by atoms with Crippen LogP contribution in [0.3, 0.4) is 0 Å². The van der Waals surface area contributed by atoms with Gasteiger partial charge in [-0.25, -0.2) is 4.39 Å². The molecular formula is C32H29FN4O. The summed E-state index contributed by atoms with van der Waals surface area (Å²) in [7, 11) is 0. The van der Waals surface area contributed by atoms with Crippen LogP contribution in [0.1, 0.15) is 28.3 Å². The van der Waals surface area contributed by atoms with Crippen LogP contribution in [0.5, 0.6) is 0 Å². The summed E-state index contributed by atoms with van der Waals surface area (Å²) in [5.74, 6) is -1.18. The second-order valence-corrected chi connectivity index (χ2v) is 9.30. The number of nitrogens with two attached hydrogens (primary N) is 1. The molecule has 0 saturated heterocycles. The first-order valence-corrected chi connectivity index (χ1v) is 12.5. The molecule has 0 radical (unpaired) electrons. The summed E-state index contributed by atoms with van der Waals surface area (Å²) in [6, 6.07) is 33.2. The zero-order chi connectivity index (χ0) is 26.5. The number of rotatable bonds is 8. The van der Waals surface area contributed by atoms with Crippen LogP contribution in [0.2, 0.25) is 0 Å². The fourth-order valence-corrected chi connectivity index (χ4v) is 4.74. The lowest BCUT2D eigenvalue weighted by atomic mass is 9.85. The molecule has 5 nitrogen and oxygen atoms in total. The van der Waals surface area contributed by atoms with Crippen LogP contribution < -0.4 is 11.1 Å².